The number of likely N-dealkylation sites (tertiary alicyclic amines) is 2. The van der Waals surface area contributed by atoms with Crippen LogP contribution in [0.2, 0.25) is 8.67 Å². The number of benzene rings is 3. The number of para-hydroxylation sites is 2. The molecule has 1 N–H and O–H groups in total. The minimum Gasteiger partial charge on any atom is -0.496 e. The van der Waals surface area contributed by atoms with Gasteiger partial charge in [0.1, 0.15) is 43.7 Å². The maximum Gasteiger partial charge on any atom is 0.410 e. The number of fused-ring (bicyclic) bond motifs is 1. The van der Waals surface area contributed by atoms with Crippen molar-refractivity contribution in [2.45, 2.75) is 175 Å². The number of halogens is 2. The molecule has 76 heavy (non-hydrogen) atoms. The van der Waals surface area contributed by atoms with Crippen molar-refractivity contribution in [1.82, 2.24) is 29.3 Å². The first kappa shape index (κ1) is 58.8. The van der Waals surface area contributed by atoms with Gasteiger partial charge in [-0.2, -0.15) is 0 Å². The Morgan fingerprint density at radius 1 is 0.618 bits per heavy atom. The Morgan fingerprint density at radius 2 is 1.00 bits per heavy atom. The van der Waals surface area contributed by atoms with E-state index in [4.69, 9.17) is 47.4 Å². The van der Waals surface area contributed by atoms with Gasteiger partial charge in [-0.1, -0.05) is 118 Å². The van der Waals surface area contributed by atoms with Crippen LogP contribution in [0.15, 0.2) is 53.3 Å². The number of aromatic nitrogens is 4. The van der Waals surface area contributed by atoms with E-state index in [2.05, 4.69) is 112 Å². The van der Waals surface area contributed by atoms with E-state index in [1.807, 2.05) is 49.9 Å². The first-order chi connectivity index (χ1) is 35.3. The number of amides is 2. The van der Waals surface area contributed by atoms with Crippen molar-refractivity contribution in [2.75, 3.05) is 40.4 Å². The Kier molecular flexibility index (Phi) is 17.4. The summed E-state index contributed by atoms with van der Waals surface area (Å²) in [6.07, 6.45) is 3.08. The predicted octanol–water partition coefficient (Wildman–Crippen LogP) is 15.3. The summed E-state index contributed by atoms with van der Waals surface area (Å²) in [7, 11) is 3.49. The van der Waals surface area contributed by atoms with Crippen LogP contribution >= 0.6 is 45.9 Å². The third kappa shape index (κ3) is 13.3. The van der Waals surface area contributed by atoms with E-state index in [-0.39, 0.29) is 57.7 Å². The van der Waals surface area contributed by atoms with Crippen molar-refractivity contribution < 1.29 is 23.8 Å². The fraction of sp³-hybridized carbons (Fsp3) is 0.550. The highest BCUT2D eigenvalue weighted by molar-refractivity contribution is 7.16. The van der Waals surface area contributed by atoms with Crippen molar-refractivity contribution in [3.63, 3.8) is 0 Å². The zero-order valence-electron chi connectivity index (χ0n) is 47.9. The highest BCUT2D eigenvalue weighted by atomic mass is 35.5. The molecule has 0 atom stereocenters. The fourth-order valence-electron chi connectivity index (χ4n) is 10.0. The van der Waals surface area contributed by atoms with Gasteiger partial charge in [-0.05, 0) is 105 Å². The first-order valence-corrected chi connectivity index (χ1v) is 28.9. The molecule has 0 saturated carbocycles. The van der Waals surface area contributed by atoms with Crippen molar-refractivity contribution in [2.24, 2.45) is 0 Å². The number of carbonyl (C=O) groups excluding carboxylic acids is 2. The number of ether oxygens (including phenoxy) is 3. The number of nitrogens with zero attached hydrogens (tertiary/aromatic N) is 5. The molecule has 412 valence electrons. The number of H-pyrrole nitrogens is 1. The van der Waals surface area contributed by atoms with E-state index in [1.165, 1.54) is 15.9 Å². The first-order valence-electron chi connectivity index (χ1n) is 26.5. The van der Waals surface area contributed by atoms with Crippen LogP contribution in [0.3, 0.4) is 0 Å². The number of hydrogen-bond acceptors (Lipinski definition) is 10. The molecule has 3 aromatic heterocycles. The Bertz CT molecular complexity index is 3050. The van der Waals surface area contributed by atoms with E-state index < -0.39 is 5.60 Å². The molecule has 2 saturated heterocycles. The zero-order valence-corrected chi connectivity index (χ0v) is 51.0. The van der Waals surface area contributed by atoms with E-state index in [1.54, 1.807) is 30.5 Å². The summed E-state index contributed by atoms with van der Waals surface area (Å²) >= 11 is 16.7. The lowest BCUT2D eigenvalue weighted by atomic mass is 9.78. The quantitative estimate of drug-likeness (QED) is 0.159. The summed E-state index contributed by atoms with van der Waals surface area (Å²) in [5, 5.41) is 2.05. The maximum atomic E-state index is 13.1. The lowest BCUT2D eigenvalue weighted by Gasteiger charge is -2.32. The SMILES string of the molecule is COc1c(C(C)(C)C)cc(-c2nc(C3CCN(C(=O)Cn4c(=O)[nH]c5ccccc54)CC3)sc2Cl)cc1C(C)(C)C.COc1c(C(C)(C)C)cc(-c2nc(C3CCN(C(=O)OC(C)(C)C)CC3)sc2Cl)cc1C(C)(C)C. The minimum absolute atomic E-state index is 0.0322. The highest BCUT2D eigenvalue weighted by Crippen LogP contribution is 2.48. The number of aromatic amines is 1. The molecule has 2 amide bonds. The monoisotopic (exact) mass is 1110 g/mol. The van der Waals surface area contributed by atoms with Gasteiger partial charge in [-0.25, -0.2) is 19.6 Å². The molecule has 2 fully saturated rings. The van der Waals surface area contributed by atoms with Crippen LogP contribution in [0.4, 0.5) is 4.79 Å². The van der Waals surface area contributed by atoms with Crippen molar-refractivity contribution in [1.29, 1.82) is 0 Å². The second kappa shape index (κ2) is 22.5. The maximum absolute atomic E-state index is 13.1. The molecule has 16 heteroatoms. The molecule has 2 aliphatic rings. The topological polar surface area (TPSA) is 132 Å². The van der Waals surface area contributed by atoms with Gasteiger partial charge in [0.25, 0.3) is 0 Å². The number of thiazole rings is 2. The molecule has 0 bridgehead atoms. The van der Waals surface area contributed by atoms with Crippen LogP contribution in [-0.4, -0.2) is 87.3 Å². The Labute approximate surface area is 468 Å². The van der Waals surface area contributed by atoms with Crippen molar-refractivity contribution >= 4 is 68.9 Å². The number of hydrogen-bond donors (Lipinski definition) is 1. The Balaban J connectivity index is 0.000000224. The average Bonchev–Trinajstić information content (AvgIpc) is 4.04. The fourth-order valence-corrected chi connectivity index (χ4v) is 12.8. The lowest BCUT2D eigenvalue weighted by molar-refractivity contribution is -0.132. The molecule has 2 aliphatic heterocycles. The summed E-state index contributed by atoms with van der Waals surface area (Å²) in [6, 6.07) is 16.2. The molecule has 6 aromatic rings. The summed E-state index contributed by atoms with van der Waals surface area (Å²) in [4.78, 5) is 54.6. The summed E-state index contributed by atoms with van der Waals surface area (Å²) < 4.78 is 20.3. The number of nitrogens with one attached hydrogen (secondary N) is 1. The number of methoxy groups -OCH3 is 2. The Morgan fingerprint density at radius 3 is 1.37 bits per heavy atom. The van der Waals surface area contributed by atoms with E-state index in [0.29, 0.717) is 34.9 Å². The summed E-state index contributed by atoms with van der Waals surface area (Å²) in [5.74, 6) is 2.33. The van der Waals surface area contributed by atoms with Crippen LogP contribution in [-0.2, 0) is 37.7 Å². The molecule has 3 aromatic carbocycles. The Hall–Kier alpha value is -4.89. The molecule has 8 rings (SSSR count). The van der Waals surface area contributed by atoms with Crippen LogP contribution in [0.5, 0.6) is 11.5 Å². The molecule has 0 radical (unpaired) electrons. The molecular weight excluding hydrogens is 1040 g/mol. The zero-order chi connectivity index (χ0) is 56.0. The van der Waals surface area contributed by atoms with Gasteiger partial charge in [0.05, 0.1) is 35.3 Å². The highest BCUT2D eigenvalue weighted by Gasteiger charge is 2.34. The summed E-state index contributed by atoms with van der Waals surface area (Å²) in [5.41, 5.74) is 8.54. The van der Waals surface area contributed by atoms with Gasteiger partial charge >= 0.3 is 11.8 Å². The minimum atomic E-state index is -0.484. The second-order valence-corrected chi connectivity index (χ2v) is 28.8. The molecule has 0 aliphatic carbocycles. The lowest BCUT2D eigenvalue weighted by Crippen LogP contribution is -2.41. The number of carbonyl (C=O) groups is 2. The van der Waals surface area contributed by atoms with E-state index in [0.717, 1.165) is 103 Å². The molecule has 5 heterocycles. The molecule has 0 unspecified atom stereocenters. The van der Waals surface area contributed by atoms with Gasteiger partial charge in [0.15, 0.2) is 0 Å². The van der Waals surface area contributed by atoms with Crippen LogP contribution in [0, 0.1) is 0 Å². The smallest absolute Gasteiger partial charge is 0.410 e. The molecule has 0 spiro atoms. The number of imidazole rings is 1. The normalized spacial score (nSPS) is 15.5. The van der Waals surface area contributed by atoms with Crippen molar-refractivity contribution in [3.05, 3.63) is 100.0 Å². The van der Waals surface area contributed by atoms with Crippen LogP contribution in [0.1, 0.15) is 174 Å². The number of piperidine rings is 2. The third-order valence-corrected chi connectivity index (χ3v) is 17.1. The van der Waals surface area contributed by atoms with Gasteiger partial charge < -0.3 is 29.0 Å². The van der Waals surface area contributed by atoms with Crippen LogP contribution in [0.25, 0.3) is 33.5 Å². The number of rotatable bonds is 8. The van der Waals surface area contributed by atoms with Crippen molar-refractivity contribution in [3.8, 4) is 34.0 Å². The van der Waals surface area contributed by atoms with Gasteiger partial charge in [0.2, 0.25) is 5.91 Å². The molecule has 12 nitrogen and oxygen atoms in total. The molecular formula is C60H80Cl2N6O6S2. The van der Waals surface area contributed by atoms with E-state index in [9.17, 15) is 14.4 Å². The van der Waals surface area contributed by atoms with Gasteiger partial charge in [-0.3, -0.25) is 9.36 Å². The van der Waals surface area contributed by atoms with Gasteiger partial charge in [0, 0.05) is 71.4 Å². The second-order valence-electron chi connectivity index (χ2n) is 25.5. The average molecular weight is 1120 g/mol. The third-order valence-electron chi connectivity index (χ3n) is 14.2. The predicted molar refractivity (Wildman–Crippen MR) is 314 cm³/mol. The summed E-state index contributed by atoms with van der Waals surface area (Å²) in [6.45, 7) is 34.7. The standard InChI is InChI=1S/C32H39ClN4O3S.C28H41ClN2O3S/c1-31(2,3)21-16-20(17-22(27(21)40-7)32(4,5)6)26-28(33)41-29(35-26)19-12-14-36(15-13-19)25(38)18-37-24-11-9-8-10-23(24)34-30(37)39;1-26(2,3)19-15-18(16-20(22(19)33-10)27(4,5)6)21-23(29)35-24(30-21)17-11-13-31(14-12-17)25(32)34-28(7,8)9/h8-11,16-17,19H,12-15,18H2,1-7H3,(H,34,39);15-17H,11-14H2,1-10H3. The van der Waals surface area contributed by atoms with Crippen LogP contribution < -0.4 is 15.2 Å². The van der Waals surface area contributed by atoms with E-state index >= 15 is 0 Å². The van der Waals surface area contributed by atoms with Gasteiger partial charge in [-0.15, -0.1) is 22.7 Å². The largest absolute Gasteiger partial charge is 0.496 e.